The molecule has 2 aromatic carbocycles. The zero-order valence-corrected chi connectivity index (χ0v) is 10.4. The van der Waals surface area contributed by atoms with E-state index in [1.165, 1.54) is 16.3 Å². The molecule has 1 nitrogen and oxygen atoms in total. The Kier molecular flexibility index (Phi) is 2.89. The molecule has 0 bridgehead atoms. The number of hydrogen-bond donors (Lipinski definition) is 0. The van der Waals surface area contributed by atoms with Gasteiger partial charge >= 0.3 is 0 Å². The summed E-state index contributed by atoms with van der Waals surface area (Å²) in [6, 6.07) is 14.6. The van der Waals surface area contributed by atoms with Crippen LogP contribution in [0.3, 0.4) is 0 Å². The minimum atomic E-state index is 0.976. The van der Waals surface area contributed by atoms with Gasteiger partial charge in [-0.15, -0.1) is 6.58 Å². The molecule has 0 unspecified atom stereocenters. The van der Waals surface area contributed by atoms with E-state index in [1.807, 2.05) is 18.2 Å². The van der Waals surface area contributed by atoms with Gasteiger partial charge in [-0.1, -0.05) is 42.5 Å². The van der Waals surface area contributed by atoms with E-state index in [4.69, 9.17) is 4.42 Å². The zero-order valence-electron chi connectivity index (χ0n) is 10.4. The van der Waals surface area contributed by atoms with Crippen molar-refractivity contribution in [2.45, 2.75) is 19.3 Å². The highest BCUT2D eigenvalue weighted by Gasteiger charge is 2.09. The van der Waals surface area contributed by atoms with Crippen LogP contribution in [0.4, 0.5) is 0 Å². The maximum absolute atomic E-state index is 5.99. The number of fused-ring (bicyclic) bond motifs is 3. The first kappa shape index (κ1) is 11.1. The topological polar surface area (TPSA) is 13.1 Å². The van der Waals surface area contributed by atoms with Crippen LogP contribution in [0.25, 0.3) is 21.9 Å². The van der Waals surface area contributed by atoms with Crippen molar-refractivity contribution in [3.8, 4) is 0 Å². The Morgan fingerprint density at radius 1 is 1.00 bits per heavy atom. The number of rotatable bonds is 4. The van der Waals surface area contributed by atoms with Crippen molar-refractivity contribution >= 4 is 21.9 Å². The fraction of sp³-hybridized carbons (Fsp3) is 0.176. The molecule has 0 amide bonds. The molecule has 0 spiro atoms. The highest BCUT2D eigenvalue weighted by atomic mass is 16.3. The third-order valence-electron chi connectivity index (χ3n) is 3.34. The van der Waals surface area contributed by atoms with Crippen molar-refractivity contribution in [2.75, 3.05) is 0 Å². The number of allylic oxidation sites excluding steroid dienone is 1. The molecular formula is C17H16O. The molecule has 0 aliphatic carbocycles. The second-order valence-corrected chi connectivity index (χ2v) is 4.57. The van der Waals surface area contributed by atoms with Crippen molar-refractivity contribution in [1.29, 1.82) is 0 Å². The Morgan fingerprint density at radius 3 is 2.72 bits per heavy atom. The van der Waals surface area contributed by atoms with Crippen LogP contribution in [0.15, 0.2) is 59.5 Å². The van der Waals surface area contributed by atoms with E-state index in [0.717, 1.165) is 30.4 Å². The van der Waals surface area contributed by atoms with E-state index in [1.54, 1.807) is 0 Å². The van der Waals surface area contributed by atoms with Crippen molar-refractivity contribution in [3.63, 3.8) is 0 Å². The predicted octanol–water partition coefficient (Wildman–Crippen LogP) is 5.09. The number of aryl methyl sites for hydroxylation is 1. The van der Waals surface area contributed by atoms with Crippen molar-refractivity contribution in [2.24, 2.45) is 0 Å². The summed E-state index contributed by atoms with van der Waals surface area (Å²) in [6.07, 6.45) is 5.19. The van der Waals surface area contributed by atoms with E-state index in [9.17, 15) is 0 Å². The first-order chi connectivity index (χ1) is 8.90. The number of benzene rings is 2. The summed E-state index contributed by atoms with van der Waals surface area (Å²) < 4.78 is 5.99. The lowest BCUT2D eigenvalue weighted by Crippen LogP contribution is -1.84. The van der Waals surface area contributed by atoms with E-state index in [-0.39, 0.29) is 0 Å². The van der Waals surface area contributed by atoms with Crippen LogP contribution in [-0.2, 0) is 6.42 Å². The van der Waals surface area contributed by atoms with Gasteiger partial charge in [0.2, 0.25) is 0 Å². The summed E-state index contributed by atoms with van der Waals surface area (Å²) in [6.45, 7) is 3.77. The Morgan fingerprint density at radius 2 is 1.83 bits per heavy atom. The number of unbranched alkanes of at least 4 members (excludes halogenated alkanes) is 1. The van der Waals surface area contributed by atoms with Gasteiger partial charge in [0, 0.05) is 10.8 Å². The average molecular weight is 236 g/mol. The van der Waals surface area contributed by atoms with Crippen molar-refractivity contribution < 1.29 is 4.42 Å². The molecule has 90 valence electrons. The lowest BCUT2D eigenvalue weighted by Gasteiger charge is -2.00. The van der Waals surface area contributed by atoms with Gasteiger partial charge in [0.05, 0.1) is 0 Å². The largest absolute Gasteiger partial charge is 0.456 e. The van der Waals surface area contributed by atoms with Crippen LogP contribution in [-0.4, -0.2) is 0 Å². The van der Waals surface area contributed by atoms with E-state index in [0.29, 0.717) is 0 Å². The molecule has 0 aliphatic rings. The second kappa shape index (κ2) is 4.69. The van der Waals surface area contributed by atoms with Crippen LogP contribution in [0.1, 0.15) is 18.4 Å². The highest BCUT2D eigenvalue weighted by Crippen LogP contribution is 2.31. The summed E-state index contributed by atoms with van der Waals surface area (Å²) in [5, 5.41) is 2.43. The summed E-state index contributed by atoms with van der Waals surface area (Å²) in [5.74, 6) is 0. The van der Waals surface area contributed by atoms with Crippen LogP contribution in [0, 0.1) is 0 Å². The molecule has 18 heavy (non-hydrogen) atoms. The smallest absolute Gasteiger partial charge is 0.138 e. The predicted molar refractivity (Wildman–Crippen MR) is 76.9 cm³/mol. The minimum Gasteiger partial charge on any atom is -0.456 e. The second-order valence-electron chi connectivity index (χ2n) is 4.57. The van der Waals surface area contributed by atoms with Gasteiger partial charge in [0.25, 0.3) is 0 Å². The molecule has 0 saturated carbocycles. The molecular weight excluding hydrogens is 220 g/mol. The quantitative estimate of drug-likeness (QED) is 0.454. The lowest BCUT2D eigenvalue weighted by molar-refractivity contribution is 0.660. The van der Waals surface area contributed by atoms with Gasteiger partial charge in [-0.05, 0) is 30.9 Å². The Hall–Kier alpha value is -2.02. The molecule has 3 aromatic rings. The number of furan rings is 1. The third-order valence-corrected chi connectivity index (χ3v) is 3.34. The van der Waals surface area contributed by atoms with E-state index >= 15 is 0 Å². The molecule has 0 radical (unpaired) electrons. The summed E-state index contributed by atoms with van der Waals surface area (Å²) >= 11 is 0. The molecule has 0 aliphatic heterocycles. The fourth-order valence-electron chi connectivity index (χ4n) is 2.44. The SMILES string of the molecule is C=CCCCc1cccc2c1oc1ccccc12. The fourth-order valence-corrected chi connectivity index (χ4v) is 2.44. The Balaban J connectivity index is 2.12. The van der Waals surface area contributed by atoms with E-state index in [2.05, 4.69) is 36.9 Å². The van der Waals surface area contributed by atoms with Gasteiger partial charge in [0.1, 0.15) is 11.2 Å². The Labute approximate surface area is 107 Å². The average Bonchev–Trinajstić information content (AvgIpc) is 2.79. The van der Waals surface area contributed by atoms with Crippen molar-refractivity contribution in [3.05, 3.63) is 60.7 Å². The molecule has 0 fully saturated rings. The minimum absolute atomic E-state index is 0.976. The van der Waals surface area contributed by atoms with Gasteiger partial charge < -0.3 is 4.42 Å². The normalized spacial score (nSPS) is 11.1. The summed E-state index contributed by atoms with van der Waals surface area (Å²) in [7, 11) is 0. The molecule has 0 atom stereocenters. The maximum Gasteiger partial charge on any atom is 0.138 e. The first-order valence-electron chi connectivity index (χ1n) is 6.40. The Bertz CT molecular complexity index is 691. The van der Waals surface area contributed by atoms with Crippen LogP contribution < -0.4 is 0 Å². The molecule has 3 rings (SSSR count). The molecule has 1 aromatic heterocycles. The summed E-state index contributed by atoms with van der Waals surface area (Å²) in [4.78, 5) is 0. The maximum atomic E-state index is 5.99. The molecule has 0 saturated heterocycles. The molecule has 1 heteroatoms. The third kappa shape index (κ3) is 1.82. The lowest BCUT2D eigenvalue weighted by atomic mass is 10.0. The van der Waals surface area contributed by atoms with Crippen LogP contribution in [0.2, 0.25) is 0 Å². The van der Waals surface area contributed by atoms with Crippen LogP contribution in [0.5, 0.6) is 0 Å². The van der Waals surface area contributed by atoms with Gasteiger partial charge in [-0.3, -0.25) is 0 Å². The standard InChI is InChI=1S/C17H16O/c1-2-3-4-8-13-9-7-11-15-14-10-5-6-12-16(14)18-17(13)15/h2,5-7,9-12H,1,3-4,8H2. The number of para-hydroxylation sites is 2. The number of hydrogen-bond acceptors (Lipinski definition) is 1. The van der Waals surface area contributed by atoms with Gasteiger partial charge in [0.15, 0.2) is 0 Å². The first-order valence-corrected chi connectivity index (χ1v) is 6.40. The molecule has 1 heterocycles. The van der Waals surface area contributed by atoms with Crippen molar-refractivity contribution in [1.82, 2.24) is 0 Å². The van der Waals surface area contributed by atoms with Crippen LogP contribution >= 0.6 is 0 Å². The van der Waals surface area contributed by atoms with Gasteiger partial charge in [-0.2, -0.15) is 0 Å². The van der Waals surface area contributed by atoms with E-state index < -0.39 is 0 Å². The highest BCUT2D eigenvalue weighted by molar-refractivity contribution is 6.05. The van der Waals surface area contributed by atoms with Gasteiger partial charge in [-0.25, -0.2) is 0 Å². The monoisotopic (exact) mass is 236 g/mol. The summed E-state index contributed by atoms with van der Waals surface area (Å²) in [5.41, 5.74) is 3.32. The molecule has 0 N–H and O–H groups in total. The zero-order chi connectivity index (χ0) is 12.4.